The van der Waals surface area contributed by atoms with E-state index in [1.807, 2.05) is 12.1 Å². The summed E-state index contributed by atoms with van der Waals surface area (Å²) in [6.45, 7) is 4.82. The van der Waals surface area contributed by atoms with E-state index in [9.17, 15) is 9.90 Å². The maximum absolute atomic E-state index is 11.0. The molecule has 1 aliphatic rings. The molecule has 0 aromatic heterocycles. The van der Waals surface area contributed by atoms with Crippen molar-refractivity contribution in [2.45, 2.75) is 51.7 Å². The molecule has 4 nitrogen and oxygen atoms in total. The van der Waals surface area contributed by atoms with Crippen LogP contribution in [0.3, 0.4) is 0 Å². The molecule has 1 aliphatic carbocycles. The highest BCUT2D eigenvalue weighted by atomic mass is 16.4. The lowest BCUT2D eigenvalue weighted by Gasteiger charge is -2.24. The van der Waals surface area contributed by atoms with Gasteiger partial charge in [0, 0.05) is 6.04 Å². The molecule has 2 atom stereocenters. The van der Waals surface area contributed by atoms with Crippen molar-refractivity contribution < 1.29 is 15.0 Å². The quantitative estimate of drug-likeness (QED) is 0.721. The van der Waals surface area contributed by atoms with E-state index in [2.05, 4.69) is 25.2 Å². The maximum atomic E-state index is 11.0. The summed E-state index contributed by atoms with van der Waals surface area (Å²) in [6.07, 6.45) is 2.46. The number of fused-ring (bicyclic) bond motifs is 1. The first-order valence-corrected chi connectivity index (χ1v) is 7.72. The maximum Gasteiger partial charge on any atom is 0.305 e. The minimum absolute atomic E-state index is 0.0784. The van der Waals surface area contributed by atoms with Gasteiger partial charge in [0.1, 0.15) is 0 Å². The first-order chi connectivity index (χ1) is 9.97. The molecule has 0 heterocycles. The number of aliphatic hydroxyl groups is 1. The third-order valence-electron chi connectivity index (χ3n) is 4.03. The number of aliphatic hydroxyl groups excluding tert-OH is 1. The number of benzene rings is 1. The molecule has 2 unspecified atom stereocenters. The van der Waals surface area contributed by atoms with Gasteiger partial charge in [0.05, 0.1) is 12.5 Å². The summed E-state index contributed by atoms with van der Waals surface area (Å²) in [7, 11) is 0. The smallest absolute Gasteiger partial charge is 0.305 e. The van der Waals surface area contributed by atoms with E-state index in [4.69, 9.17) is 5.11 Å². The van der Waals surface area contributed by atoms with Gasteiger partial charge in [-0.25, -0.2) is 0 Å². The molecule has 0 radical (unpaired) electrons. The number of hydrogen-bond acceptors (Lipinski definition) is 3. The first-order valence-electron chi connectivity index (χ1n) is 7.72. The zero-order chi connectivity index (χ0) is 15.4. The minimum Gasteiger partial charge on any atom is -0.481 e. The molecule has 0 bridgehead atoms. The van der Waals surface area contributed by atoms with Gasteiger partial charge < -0.3 is 15.5 Å². The lowest BCUT2D eigenvalue weighted by molar-refractivity contribution is -0.138. The van der Waals surface area contributed by atoms with Crippen molar-refractivity contribution in [3.8, 4) is 0 Å². The molecule has 1 aromatic carbocycles. The Bertz CT molecular complexity index is 499. The zero-order valence-electron chi connectivity index (χ0n) is 12.8. The highest BCUT2D eigenvalue weighted by molar-refractivity contribution is 5.67. The van der Waals surface area contributed by atoms with Crippen LogP contribution in [-0.2, 0) is 17.6 Å². The van der Waals surface area contributed by atoms with Gasteiger partial charge in [-0.2, -0.15) is 0 Å². The van der Waals surface area contributed by atoms with Crippen LogP contribution in [0.2, 0.25) is 0 Å². The number of carboxylic acids is 1. The van der Waals surface area contributed by atoms with E-state index in [0.29, 0.717) is 12.5 Å². The van der Waals surface area contributed by atoms with Crippen molar-refractivity contribution in [3.05, 3.63) is 34.9 Å². The Labute approximate surface area is 126 Å². The van der Waals surface area contributed by atoms with Crippen molar-refractivity contribution in [3.63, 3.8) is 0 Å². The second-order valence-electron chi connectivity index (χ2n) is 6.33. The first kappa shape index (κ1) is 16.0. The minimum atomic E-state index is -0.892. The van der Waals surface area contributed by atoms with E-state index >= 15 is 0 Å². The summed E-state index contributed by atoms with van der Waals surface area (Å²) in [4.78, 5) is 11.0. The Kier molecular flexibility index (Phi) is 5.37. The SMILES string of the molecule is CC(C)CNC(CC(=O)O)C(O)c1ccc2c(c1)CCC2. The van der Waals surface area contributed by atoms with Crippen LogP contribution in [0, 0.1) is 5.92 Å². The second-order valence-corrected chi connectivity index (χ2v) is 6.33. The van der Waals surface area contributed by atoms with E-state index in [-0.39, 0.29) is 6.42 Å². The third-order valence-corrected chi connectivity index (χ3v) is 4.03. The van der Waals surface area contributed by atoms with Crippen LogP contribution in [0.1, 0.15) is 49.5 Å². The third kappa shape index (κ3) is 4.29. The summed E-state index contributed by atoms with van der Waals surface area (Å²) in [6, 6.07) is 5.59. The second kappa shape index (κ2) is 7.05. The molecule has 0 amide bonds. The zero-order valence-corrected chi connectivity index (χ0v) is 12.8. The normalized spacial score (nSPS) is 16.8. The Morgan fingerprint density at radius 3 is 2.67 bits per heavy atom. The number of aliphatic carboxylic acids is 1. The molecule has 0 spiro atoms. The molecular weight excluding hydrogens is 266 g/mol. The molecule has 0 saturated heterocycles. The van der Waals surface area contributed by atoms with Crippen molar-refractivity contribution in [2.75, 3.05) is 6.54 Å². The van der Waals surface area contributed by atoms with Gasteiger partial charge in [0.2, 0.25) is 0 Å². The number of carboxylic acid groups (broad SMARTS) is 1. The Morgan fingerprint density at radius 2 is 2.00 bits per heavy atom. The van der Waals surface area contributed by atoms with Gasteiger partial charge in [-0.15, -0.1) is 0 Å². The fourth-order valence-corrected chi connectivity index (χ4v) is 2.88. The van der Waals surface area contributed by atoms with Crippen LogP contribution >= 0.6 is 0 Å². The average molecular weight is 291 g/mol. The molecule has 0 fully saturated rings. The van der Waals surface area contributed by atoms with Gasteiger partial charge in [0.15, 0.2) is 0 Å². The van der Waals surface area contributed by atoms with E-state index in [1.54, 1.807) is 0 Å². The molecule has 21 heavy (non-hydrogen) atoms. The van der Waals surface area contributed by atoms with Gasteiger partial charge in [-0.05, 0) is 48.4 Å². The fraction of sp³-hybridized carbons (Fsp3) is 0.588. The molecule has 1 aromatic rings. The van der Waals surface area contributed by atoms with Gasteiger partial charge in [-0.1, -0.05) is 32.0 Å². The summed E-state index contributed by atoms with van der Waals surface area (Å²) in [5, 5.41) is 22.8. The Hall–Kier alpha value is -1.39. The van der Waals surface area contributed by atoms with Crippen molar-refractivity contribution in [1.29, 1.82) is 0 Å². The van der Waals surface area contributed by atoms with Crippen LogP contribution < -0.4 is 5.32 Å². The molecular formula is C17H25NO3. The molecule has 2 rings (SSSR count). The van der Waals surface area contributed by atoms with Crippen LogP contribution in [0.15, 0.2) is 18.2 Å². The highest BCUT2D eigenvalue weighted by Gasteiger charge is 2.24. The predicted octanol–water partition coefficient (Wildman–Crippen LogP) is 2.30. The lowest BCUT2D eigenvalue weighted by Crippen LogP contribution is -2.39. The van der Waals surface area contributed by atoms with Crippen LogP contribution in [0.4, 0.5) is 0 Å². The number of rotatable bonds is 7. The molecule has 0 aliphatic heterocycles. The lowest BCUT2D eigenvalue weighted by atomic mass is 9.96. The summed E-state index contributed by atoms with van der Waals surface area (Å²) in [5.41, 5.74) is 3.47. The average Bonchev–Trinajstić information content (AvgIpc) is 2.89. The molecule has 3 N–H and O–H groups in total. The number of carbonyl (C=O) groups is 1. The summed E-state index contributed by atoms with van der Waals surface area (Å²) in [5.74, 6) is -0.481. The Balaban J connectivity index is 2.12. The molecule has 4 heteroatoms. The number of aryl methyl sites for hydroxylation is 2. The van der Waals surface area contributed by atoms with E-state index < -0.39 is 18.1 Å². The van der Waals surface area contributed by atoms with Crippen LogP contribution in [0.25, 0.3) is 0 Å². The topological polar surface area (TPSA) is 69.6 Å². The van der Waals surface area contributed by atoms with Crippen LogP contribution in [0.5, 0.6) is 0 Å². The molecule has 116 valence electrons. The van der Waals surface area contributed by atoms with Crippen molar-refractivity contribution in [2.24, 2.45) is 5.92 Å². The fourth-order valence-electron chi connectivity index (χ4n) is 2.88. The highest BCUT2D eigenvalue weighted by Crippen LogP contribution is 2.27. The van der Waals surface area contributed by atoms with Gasteiger partial charge >= 0.3 is 5.97 Å². The van der Waals surface area contributed by atoms with Crippen molar-refractivity contribution >= 4 is 5.97 Å². The van der Waals surface area contributed by atoms with Crippen molar-refractivity contribution in [1.82, 2.24) is 5.32 Å². The number of hydrogen-bond donors (Lipinski definition) is 3. The van der Waals surface area contributed by atoms with E-state index in [0.717, 1.165) is 18.4 Å². The van der Waals surface area contributed by atoms with E-state index in [1.165, 1.54) is 17.5 Å². The van der Waals surface area contributed by atoms with Gasteiger partial charge in [0.25, 0.3) is 0 Å². The summed E-state index contributed by atoms with van der Waals surface area (Å²) >= 11 is 0. The van der Waals surface area contributed by atoms with Crippen LogP contribution in [-0.4, -0.2) is 28.8 Å². The standard InChI is InChI=1S/C17H25NO3/c1-11(2)10-18-15(9-16(19)20)17(21)14-7-6-12-4-3-5-13(12)8-14/h6-8,11,15,17-18,21H,3-5,9-10H2,1-2H3,(H,19,20). The Morgan fingerprint density at radius 1 is 1.29 bits per heavy atom. The monoisotopic (exact) mass is 291 g/mol. The molecule has 0 saturated carbocycles. The largest absolute Gasteiger partial charge is 0.481 e. The predicted molar refractivity (Wildman–Crippen MR) is 82.3 cm³/mol. The van der Waals surface area contributed by atoms with Gasteiger partial charge in [-0.3, -0.25) is 4.79 Å². The summed E-state index contributed by atoms with van der Waals surface area (Å²) < 4.78 is 0. The number of nitrogens with one attached hydrogen (secondary N) is 1.